The maximum Gasteiger partial charge on any atom is 0.260 e. The van der Waals surface area contributed by atoms with E-state index in [0.717, 1.165) is 18.4 Å². The second kappa shape index (κ2) is 5.81. The highest BCUT2D eigenvalue weighted by molar-refractivity contribution is 6.06. The molecule has 0 bridgehead atoms. The molecule has 2 aromatic carbocycles. The number of rotatable bonds is 3. The van der Waals surface area contributed by atoms with Gasteiger partial charge in [-0.25, -0.2) is 4.98 Å². The molecule has 1 heterocycles. The third-order valence-corrected chi connectivity index (χ3v) is 4.83. The number of hydrogen-bond acceptors (Lipinski definition) is 4. The van der Waals surface area contributed by atoms with E-state index in [2.05, 4.69) is 16.4 Å². The van der Waals surface area contributed by atoms with E-state index in [-0.39, 0.29) is 11.5 Å². The number of carbonyl (C=O) groups excluding carboxylic acids is 1. The largest absolute Gasteiger partial charge is 0.322 e. The first-order valence-corrected chi connectivity index (χ1v) is 8.32. The van der Waals surface area contributed by atoms with E-state index in [1.54, 1.807) is 37.4 Å². The van der Waals surface area contributed by atoms with Crippen LogP contribution in [0.2, 0.25) is 0 Å². The van der Waals surface area contributed by atoms with Gasteiger partial charge in [0.2, 0.25) is 0 Å². The molecule has 0 atom stereocenters. The van der Waals surface area contributed by atoms with E-state index in [4.69, 9.17) is 0 Å². The minimum atomic E-state index is -0.537. The summed E-state index contributed by atoms with van der Waals surface area (Å²) in [4.78, 5) is 29.1. The van der Waals surface area contributed by atoms with Gasteiger partial charge in [0.15, 0.2) is 0 Å². The van der Waals surface area contributed by atoms with Crippen LogP contribution in [0.15, 0.2) is 53.6 Å². The number of amides is 1. The highest BCUT2D eigenvalue weighted by Gasteiger charge is 2.46. The molecular weight excluding hydrogens is 328 g/mol. The van der Waals surface area contributed by atoms with E-state index in [1.165, 1.54) is 10.9 Å². The van der Waals surface area contributed by atoms with Crippen molar-refractivity contribution in [3.05, 3.63) is 70.3 Å². The fourth-order valence-corrected chi connectivity index (χ4v) is 3.15. The summed E-state index contributed by atoms with van der Waals surface area (Å²) in [6.45, 7) is 0. The van der Waals surface area contributed by atoms with Crippen LogP contribution in [-0.2, 0) is 12.5 Å². The Morgan fingerprint density at radius 3 is 2.77 bits per heavy atom. The normalized spacial score (nSPS) is 14.6. The minimum Gasteiger partial charge on any atom is -0.322 e. The maximum atomic E-state index is 12.8. The molecule has 0 unspecified atom stereocenters. The molecule has 6 heteroatoms. The van der Waals surface area contributed by atoms with Gasteiger partial charge in [-0.05, 0) is 42.7 Å². The number of carbonyl (C=O) groups is 1. The predicted octanol–water partition coefficient (Wildman–Crippen LogP) is 2.74. The van der Waals surface area contributed by atoms with Gasteiger partial charge in [-0.3, -0.25) is 9.59 Å². The number of anilines is 1. The number of nitriles is 1. The summed E-state index contributed by atoms with van der Waals surface area (Å²) in [5, 5.41) is 12.8. The average Bonchev–Trinajstić information content (AvgIpc) is 3.46. The molecule has 1 aliphatic rings. The van der Waals surface area contributed by atoms with E-state index in [0.29, 0.717) is 22.2 Å². The Hall–Kier alpha value is -3.46. The summed E-state index contributed by atoms with van der Waals surface area (Å²) in [6, 6.07) is 14.6. The van der Waals surface area contributed by atoms with Gasteiger partial charge >= 0.3 is 0 Å². The van der Waals surface area contributed by atoms with Crippen molar-refractivity contribution < 1.29 is 4.79 Å². The van der Waals surface area contributed by atoms with Crippen molar-refractivity contribution in [2.75, 3.05) is 5.32 Å². The van der Waals surface area contributed by atoms with Gasteiger partial charge in [0.25, 0.3) is 11.5 Å². The number of hydrogen-bond donors (Lipinski definition) is 1. The molecule has 1 fully saturated rings. The second-order valence-electron chi connectivity index (χ2n) is 6.59. The first-order valence-electron chi connectivity index (χ1n) is 8.32. The fourth-order valence-electron chi connectivity index (χ4n) is 3.15. The van der Waals surface area contributed by atoms with Gasteiger partial charge < -0.3 is 9.88 Å². The molecule has 1 saturated carbocycles. The van der Waals surface area contributed by atoms with Gasteiger partial charge in [0.1, 0.15) is 0 Å². The van der Waals surface area contributed by atoms with Crippen molar-refractivity contribution in [1.29, 1.82) is 5.26 Å². The van der Waals surface area contributed by atoms with E-state index in [9.17, 15) is 14.9 Å². The first kappa shape index (κ1) is 16.0. The van der Waals surface area contributed by atoms with Crippen molar-refractivity contribution in [3.8, 4) is 6.07 Å². The standard InChI is InChI=1S/C20H16N4O2/c1-24-12-22-17-10-13(6-7-15(17)19(24)26)23-18(25)14-4-2-3-5-16(14)20(11-21)8-9-20/h2-7,10,12H,8-9H2,1H3,(H,23,25). The topological polar surface area (TPSA) is 87.8 Å². The number of aromatic nitrogens is 2. The number of nitrogens with one attached hydrogen (secondary N) is 1. The van der Waals surface area contributed by atoms with E-state index < -0.39 is 5.41 Å². The Balaban J connectivity index is 1.68. The summed E-state index contributed by atoms with van der Waals surface area (Å²) in [5.41, 5.74) is 1.68. The predicted molar refractivity (Wildman–Crippen MR) is 97.9 cm³/mol. The summed E-state index contributed by atoms with van der Waals surface area (Å²) < 4.78 is 1.41. The lowest BCUT2D eigenvalue weighted by Gasteiger charge is -2.13. The van der Waals surface area contributed by atoms with Crippen LogP contribution in [0.25, 0.3) is 10.9 Å². The highest BCUT2D eigenvalue weighted by atomic mass is 16.1. The molecule has 0 radical (unpaired) electrons. The van der Waals surface area contributed by atoms with Crippen LogP contribution >= 0.6 is 0 Å². The lowest BCUT2D eigenvalue weighted by molar-refractivity contribution is 0.102. The number of aryl methyl sites for hydroxylation is 1. The Labute approximate surface area is 149 Å². The van der Waals surface area contributed by atoms with Crippen LogP contribution in [0.5, 0.6) is 0 Å². The molecule has 0 spiro atoms. The SMILES string of the molecule is Cn1cnc2cc(NC(=O)c3ccccc3C3(C#N)CC3)ccc2c1=O. The smallest absolute Gasteiger partial charge is 0.260 e. The molecule has 1 aliphatic carbocycles. The first-order chi connectivity index (χ1) is 12.5. The summed E-state index contributed by atoms with van der Waals surface area (Å²) in [6.07, 6.45) is 3.00. The maximum absolute atomic E-state index is 12.8. The molecular formula is C20H16N4O2. The molecule has 1 aromatic heterocycles. The average molecular weight is 344 g/mol. The Morgan fingerprint density at radius 1 is 1.27 bits per heavy atom. The summed E-state index contributed by atoms with van der Waals surface area (Å²) in [7, 11) is 1.64. The third kappa shape index (κ3) is 2.54. The molecule has 4 rings (SSSR count). The summed E-state index contributed by atoms with van der Waals surface area (Å²) >= 11 is 0. The molecule has 0 aliphatic heterocycles. The van der Waals surface area contributed by atoms with Crippen LogP contribution in [0.4, 0.5) is 5.69 Å². The van der Waals surface area contributed by atoms with Gasteiger partial charge in [0, 0.05) is 18.3 Å². The van der Waals surface area contributed by atoms with Crippen molar-refractivity contribution >= 4 is 22.5 Å². The number of fused-ring (bicyclic) bond motifs is 1. The quantitative estimate of drug-likeness (QED) is 0.791. The molecule has 3 aromatic rings. The zero-order valence-electron chi connectivity index (χ0n) is 14.2. The third-order valence-electron chi connectivity index (χ3n) is 4.83. The lowest BCUT2D eigenvalue weighted by Crippen LogP contribution is -2.19. The van der Waals surface area contributed by atoms with Crippen molar-refractivity contribution in [1.82, 2.24) is 9.55 Å². The molecule has 26 heavy (non-hydrogen) atoms. The molecule has 0 saturated heterocycles. The van der Waals surface area contributed by atoms with Gasteiger partial charge in [0.05, 0.1) is 28.7 Å². The lowest BCUT2D eigenvalue weighted by atomic mass is 9.92. The Bertz CT molecular complexity index is 1140. The molecule has 6 nitrogen and oxygen atoms in total. The highest BCUT2D eigenvalue weighted by Crippen LogP contribution is 2.48. The van der Waals surface area contributed by atoms with Crippen LogP contribution in [-0.4, -0.2) is 15.5 Å². The fraction of sp³-hybridized carbons (Fsp3) is 0.200. The van der Waals surface area contributed by atoms with Gasteiger partial charge in [-0.2, -0.15) is 5.26 Å². The zero-order chi connectivity index (χ0) is 18.3. The van der Waals surface area contributed by atoms with Crippen LogP contribution < -0.4 is 10.9 Å². The van der Waals surface area contributed by atoms with Gasteiger partial charge in [-0.15, -0.1) is 0 Å². The number of nitrogens with zero attached hydrogens (tertiary/aromatic N) is 3. The van der Waals surface area contributed by atoms with Crippen molar-refractivity contribution in [2.45, 2.75) is 18.3 Å². The van der Waals surface area contributed by atoms with E-state index in [1.807, 2.05) is 12.1 Å². The number of benzene rings is 2. The van der Waals surface area contributed by atoms with Crippen LogP contribution in [0, 0.1) is 11.3 Å². The Kier molecular flexibility index (Phi) is 3.58. The van der Waals surface area contributed by atoms with Crippen molar-refractivity contribution in [3.63, 3.8) is 0 Å². The Morgan fingerprint density at radius 2 is 2.04 bits per heavy atom. The van der Waals surface area contributed by atoms with Crippen LogP contribution in [0.1, 0.15) is 28.8 Å². The van der Waals surface area contributed by atoms with E-state index >= 15 is 0 Å². The molecule has 128 valence electrons. The molecule has 1 N–H and O–H groups in total. The zero-order valence-corrected chi connectivity index (χ0v) is 14.2. The second-order valence-corrected chi connectivity index (χ2v) is 6.59. The van der Waals surface area contributed by atoms with Crippen molar-refractivity contribution in [2.24, 2.45) is 7.05 Å². The van der Waals surface area contributed by atoms with Crippen LogP contribution in [0.3, 0.4) is 0 Å². The minimum absolute atomic E-state index is 0.136. The molecule has 1 amide bonds. The summed E-state index contributed by atoms with van der Waals surface area (Å²) in [5.74, 6) is -0.273. The van der Waals surface area contributed by atoms with Gasteiger partial charge in [-0.1, -0.05) is 18.2 Å². The monoisotopic (exact) mass is 344 g/mol.